The van der Waals surface area contributed by atoms with Crippen molar-refractivity contribution in [3.05, 3.63) is 71.3 Å². The number of aryl methyl sites for hydroxylation is 1. The third-order valence-electron chi connectivity index (χ3n) is 5.19. The standard InChI is InChI=1S/C23H30N2OS/c1-19-8-5-6-11-22(19)18-27-15-13-24-23(26)21-12-7-14-25(17-21)16-20-9-3-2-4-10-20/h2-6,8-11,21H,7,12-18H2,1H3,(H,24,26). The van der Waals surface area contributed by atoms with E-state index in [-0.39, 0.29) is 11.8 Å². The number of hydrogen-bond donors (Lipinski definition) is 1. The molecule has 1 saturated heterocycles. The van der Waals surface area contributed by atoms with Crippen molar-refractivity contribution in [1.82, 2.24) is 10.2 Å². The first kappa shape index (κ1) is 20.0. The summed E-state index contributed by atoms with van der Waals surface area (Å²) in [6, 6.07) is 19.0. The molecule has 0 saturated carbocycles. The number of rotatable bonds is 8. The first-order valence-electron chi connectivity index (χ1n) is 9.88. The Balaban J connectivity index is 1.36. The molecule has 1 aliphatic rings. The second-order valence-electron chi connectivity index (χ2n) is 7.33. The number of carbonyl (C=O) groups is 1. The highest BCUT2D eigenvalue weighted by atomic mass is 32.2. The maximum Gasteiger partial charge on any atom is 0.224 e. The molecule has 144 valence electrons. The minimum Gasteiger partial charge on any atom is -0.355 e. The minimum atomic E-state index is 0.129. The van der Waals surface area contributed by atoms with Crippen LogP contribution in [0.1, 0.15) is 29.5 Å². The topological polar surface area (TPSA) is 32.3 Å². The maximum atomic E-state index is 12.5. The van der Waals surface area contributed by atoms with Crippen LogP contribution in [0.2, 0.25) is 0 Å². The van der Waals surface area contributed by atoms with Crippen molar-refractivity contribution in [3.8, 4) is 0 Å². The van der Waals surface area contributed by atoms with Crippen LogP contribution >= 0.6 is 11.8 Å². The second kappa shape index (κ2) is 10.5. The van der Waals surface area contributed by atoms with Gasteiger partial charge in [-0.05, 0) is 43.0 Å². The molecule has 1 amide bonds. The van der Waals surface area contributed by atoms with Gasteiger partial charge in [-0.15, -0.1) is 0 Å². The number of nitrogens with one attached hydrogen (secondary N) is 1. The normalized spacial score (nSPS) is 17.6. The van der Waals surface area contributed by atoms with Gasteiger partial charge < -0.3 is 5.32 Å². The van der Waals surface area contributed by atoms with Crippen molar-refractivity contribution in [2.75, 3.05) is 25.4 Å². The van der Waals surface area contributed by atoms with Crippen molar-refractivity contribution in [1.29, 1.82) is 0 Å². The lowest BCUT2D eigenvalue weighted by molar-refractivity contribution is -0.126. The van der Waals surface area contributed by atoms with Crippen LogP contribution in [0.4, 0.5) is 0 Å². The molecule has 4 heteroatoms. The third-order valence-corrected chi connectivity index (χ3v) is 6.20. The predicted octanol–water partition coefficient (Wildman–Crippen LogP) is 4.26. The van der Waals surface area contributed by atoms with E-state index < -0.39 is 0 Å². The van der Waals surface area contributed by atoms with Crippen molar-refractivity contribution in [3.63, 3.8) is 0 Å². The molecule has 1 fully saturated rings. The van der Waals surface area contributed by atoms with E-state index in [0.717, 1.165) is 50.5 Å². The number of likely N-dealkylation sites (tertiary alicyclic amines) is 1. The Labute approximate surface area is 167 Å². The molecule has 1 unspecified atom stereocenters. The smallest absolute Gasteiger partial charge is 0.224 e. The number of hydrogen-bond acceptors (Lipinski definition) is 3. The Morgan fingerprint density at radius 2 is 1.93 bits per heavy atom. The number of benzene rings is 2. The quantitative estimate of drug-likeness (QED) is 0.693. The number of carbonyl (C=O) groups excluding carboxylic acids is 1. The first-order chi connectivity index (χ1) is 13.2. The third kappa shape index (κ3) is 6.40. The predicted molar refractivity (Wildman–Crippen MR) is 115 cm³/mol. The number of amides is 1. The van der Waals surface area contributed by atoms with Gasteiger partial charge in [0.2, 0.25) is 5.91 Å². The molecule has 3 nitrogen and oxygen atoms in total. The van der Waals surface area contributed by atoms with E-state index in [0.29, 0.717) is 0 Å². The highest BCUT2D eigenvalue weighted by Gasteiger charge is 2.25. The fourth-order valence-corrected chi connectivity index (χ4v) is 4.53. The molecule has 1 aliphatic heterocycles. The highest BCUT2D eigenvalue weighted by molar-refractivity contribution is 7.98. The van der Waals surface area contributed by atoms with Crippen LogP contribution in [0.25, 0.3) is 0 Å². The van der Waals surface area contributed by atoms with Crippen LogP contribution < -0.4 is 5.32 Å². The van der Waals surface area contributed by atoms with Crippen molar-refractivity contribution in [2.24, 2.45) is 5.92 Å². The average Bonchev–Trinajstić information content (AvgIpc) is 2.70. The van der Waals surface area contributed by atoms with Crippen LogP contribution in [-0.2, 0) is 17.1 Å². The maximum absolute atomic E-state index is 12.5. The van der Waals surface area contributed by atoms with Crippen LogP contribution in [-0.4, -0.2) is 36.2 Å². The minimum absolute atomic E-state index is 0.129. The van der Waals surface area contributed by atoms with Gasteiger partial charge >= 0.3 is 0 Å². The lowest BCUT2D eigenvalue weighted by Gasteiger charge is -2.32. The molecule has 2 aromatic rings. The molecule has 1 heterocycles. The van der Waals surface area contributed by atoms with Gasteiger partial charge in [-0.2, -0.15) is 11.8 Å². The van der Waals surface area contributed by atoms with Crippen LogP contribution in [0.3, 0.4) is 0 Å². The van der Waals surface area contributed by atoms with E-state index in [1.54, 1.807) is 0 Å². The van der Waals surface area contributed by atoms with E-state index in [1.807, 2.05) is 17.8 Å². The van der Waals surface area contributed by atoms with Gasteiger partial charge in [-0.3, -0.25) is 9.69 Å². The van der Waals surface area contributed by atoms with Gasteiger partial charge in [-0.25, -0.2) is 0 Å². The number of thioether (sulfide) groups is 1. The Morgan fingerprint density at radius 3 is 2.74 bits per heavy atom. The molecule has 0 aromatic heterocycles. The summed E-state index contributed by atoms with van der Waals surface area (Å²) in [5, 5.41) is 3.15. The Morgan fingerprint density at radius 1 is 1.15 bits per heavy atom. The molecule has 0 bridgehead atoms. The molecule has 0 aliphatic carbocycles. The Bertz CT molecular complexity index is 719. The molecule has 1 N–H and O–H groups in total. The summed E-state index contributed by atoms with van der Waals surface area (Å²) in [4.78, 5) is 14.9. The van der Waals surface area contributed by atoms with Crippen molar-refractivity contribution >= 4 is 17.7 Å². The fraction of sp³-hybridized carbons (Fsp3) is 0.435. The molecule has 2 aromatic carbocycles. The monoisotopic (exact) mass is 382 g/mol. The summed E-state index contributed by atoms with van der Waals surface area (Å²) in [5.74, 6) is 2.32. The van der Waals surface area contributed by atoms with Gasteiger partial charge in [0.25, 0.3) is 0 Å². The van der Waals surface area contributed by atoms with E-state index in [4.69, 9.17) is 0 Å². The molecule has 1 atom stereocenters. The van der Waals surface area contributed by atoms with Crippen LogP contribution in [0.5, 0.6) is 0 Å². The van der Waals surface area contributed by atoms with E-state index >= 15 is 0 Å². The highest BCUT2D eigenvalue weighted by Crippen LogP contribution is 2.19. The summed E-state index contributed by atoms with van der Waals surface area (Å²) in [6.07, 6.45) is 2.11. The summed E-state index contributed by atoms with van der Waals surface area (Å²) >= 11 is 1.89. The van der Waals surface area contributed by atoms with Crippen LogP contribution in [0, 0.1) is 12.8 Å². The van der Waals surface area contributed by atoms with E-state index in [1.165, 1.54) is 16.7 Å². The van der Waals surface area contributed by atoms with Gasteiger partial charge in [0.05, 0.1) is 5.92 Å². The second-order valence-corrected chi connectivity index (χ2v) is 8.44. The summed E-state index contributed by atoms with van der Waals surface area (Å²) in [7, 11) is 0. The first-order valence-corrected chi connectivity index (χ1v) is 11.0. The fourth-order valence-electron chi connectivity index (χ4n) is 3.60. The Hall–Kier alpha value is -1.78. The SMILES string of the molecule is Cc1ccccc1CSCCNC(=O)C1CCCN(Cc2ccccc2)C1. The van der Waals surface area contributed by atoms with Crippen LogP contribution in [0.15, 0.2) is 54.6 Å². The molecule has 0 radical (unpaired) electrons. The summed E-state index contributed by atoms with van der Waals surface area (Å²) in [6.45, 7) is 5.81. The summed E-state index contributed by atoms with van der Waals surface area (Å²) in [5.41, 5.74) is 4.05. The molecule has 0 spiro atoms. The zero-order valence-electron chi connectivity index (χ0n) is 16.2. The molecular formula is C23H30N2OS. The lowest BCUT2D eigenvalue weighted by Crippen LogP contribution is -2.43. The van der Waals surface area contributed by atoms with Crippen molar-refractivity contribution in [2.45, 2.75) is 32.1 Å². The number of piperidine rings is 1. The molecule has 27 heavy (non-hydrogen) atoms. The average molecular weight is 383 g/mol. The van der Waals surface area contributed by atoms with Gasteiger partial charge in [0.15, 0.2) is 0 Å². The Kier molecular flexibility index (Phi) is 7.79. The zero-order chi connectivity index (χ0) is 18.9. The van der Waals surface area contributed by atoms with E-state index in [9.17, 15) is 4.79 Å². The van der Waals surface area contributed by atoms with Crippen molar-refractivity contribution < 1.29 is 4.79 Å². The summed E-state index contributed by atoms with van der Waals surface area (Å²) < 4.78 is 0. The largest absolute Gasteiger partial charge is 0.355 e. The lowest BCUT2D eigenvalue weighted by atomic mass is 9.96. The molecular weight excluding hydrogens is 352 g/mol. The van der Waals surface area contributed by atoms with Gasteiger partial charge in [-0.1, -0.05) is 54.6 Å². The zero-order valence-corrected chi connectivity index (χ0v) is 17.0. The van der Waals surface area contributed by atoms with E-state index in [2.05, 4.69) is 65.7 Å². The van der Waals surface area contributed by atoms with Gasteiger partial charge in [0, 0.05) is 31.1 Å². The number of nitrogens with zero attached hydrogens (tertiary/aromatic N) is 1. The molecule has 3 rings (SSSR count). The van der Waals surface area contributed by atoms with Gasteiger partial charge in [0.1, 0.15) is 0 Å².